The number of aromatic nitrogens is 1. The van der Waals surface area contributed by atoms with Gasteiger partial charge in [-0.15, -0.1) is 0 Å². The first-order chi connectivity index (χ1) is 12.2. The Kier molecular flexibility index (Phi) is 5.30. The van der Waals surface area contributed by atoms with Crippen molar-refractivity contribution in [1.82, 2.24) is 4.98 Å². The van der Waals surface area contributed by atoms with Crippen LogP contribution in [-0.2, 0) is 0 Å². The number of pyridine rings is 1. The molecule has 25 heavy (non-hydrogen) atoms. The van der Waals surface area contributed by atoms with Crippen LogP contribution in [0.25, 0.3) is 0 Å². The predicted molar refractivity (Wildman–Crippen MR) is 98.6 cm³/mol. The molecule has 2 aromatic rings. The second kappa shape index (κ2) is 7.80. The number of piperidine rings is 1. The van der Waals surface area contributed by atoms with Crippen molar-refractivity contribution in [1.29, 1.82) is 5.26 Å². The molecule has 1 N–H and O–H groups in total. The molecule has 0 saturated carbocycles. The Bertz CT molecular complexity index is 779. The topological polar surface area (TPSA) is 69.0 Å². The number of benzene rings is 1. The second-order valence-electron chi connectivity index (χ2n) is 6.33. The summed E-state index contributed by atoms with van der Waals surface area (Å²) in [7, 11) is 0. The Morgan fingerprint density at radius 3 is 2.84 bits per heavy atom. The molecule has 1 atom stereocenters. The molecule has 3 rings (SSSR count). The lowest BCUT2D eigenvalue weighted by Crippen LogP contribution is -2.39. The third-order valence-electron chi connectivity index (χ3n) is 4.69. The smallest absolute Gasteiger partial charge is 0.257 e. The van der Waals surface area contributed by atoms with Gasteiger partial charge in [-0.1, -0.05) is 6.92 Å². The van der Waals surface area contributed by atoms with Gasteiger partial charge in [-0.25, -0.2) is 0 Å². The van der Waals surface area contributed by atoms with Gasteiger partial charge < -0.3 is 10.2 Å². The van der Waals surface area contributed by atoms with Crippen LogP contribution in [0, 0.1) is 11.3 Å². The van der Waals surface area contributed by atoms with Crippen molar-refractivity contribution in [2.24, 2.45) is 0 Å². The molecule has 1 unspecified atom stereocenters. The number of nitriles is 1. The molecule has 1 aromatic heterocycles. The fourth-order valence-electron chi connectivity index (χ4n) is 3.31. The quantitative estimate of drug-likeness (QED) is 0.918. The number of hydrogen-bond donors (Lipinski definition) is 1. The van der Waals surface area contributed by atoms with Crippen LogP contribution in [0.5, 0.6) is 0 Å². The molecule has 0 radical (unpaired) electrons. The van der Waals surface area contributed by atoms with E-state index in [1.165, 1.54) is 19.3 Å². The maximum atomic E-state index is 12.5. The lowest BCUT2D eigenvalue weighted by molar-refractivity contribution is 0.102. The van der Waals surface area contributed by atoms with E-state index in [2.05, 4.69) is 28.2 Å². The third-order valence-corrected chi connectivity index (χ3v) is 4.69. The number of carbonyl (C=O) groups excluding carboxylic acids is 1. The Balaban J connectivity index is 1.75. The Morgan fingerprint density at radius 2 is 2.12 bits per heavy atom. The Labute approximate surface area is 148 Å². The first-order valence-electron chi connectivity index (χ1n) is 8.74. The number of rotatable bonds is 4. The molecule has 1 aliphatic rings. The van der Waals surface area contributed by atoms with E-state index >= 15 is 0 Å². The van der Waals surface area contributed by atoms with Crippen LogP contribution in [0.15, 0.2) is 42.7 Å². The number of carbonyl (C=O) groups is 1. The number of anilines is 2. The minimum atomic E-state index is -0.191. The fourth-order valence-corrected chi connectivity index (χ4v) is 3.31. The van der Waals surface area contributed by atoms with Crippen molar-refractivity contribution in [3.63, 3.8) is 0 Å². The van der Waals surface area contributed by atoms with E-state index in [0.29, 0.717) is 22.9 Å². The van der Waals surface area contributed by atoms with Crippen molar-refractivity contribution >= 4 is 17.3 Å². The molecule has 1 aromatic carbocycles. The molecule has 128 valence electrons. The van der Waals surface area contributed by atoms with Crippen molar-refractivity contribution < 1.29 is 4.79 Å². The van der Waals surface area contributed by atoms with Gasteiger partial charge in [0.25, 0.3) is 5.91 Å². The summed E-state index contributed by atoms with van der Waals surface area (Å²) in [6.45, 7) is 3.22. The van der Waals surface area contributed by atoms with Crippen molar-refractivity contribution in [2.75, 3.05) is 16.8 Å². The molecular formula is C20H22N4O. The molecule has 0 bridgehead atoms. The van der Waals surface area contributed by atoms with Crippen LogP contribution in [0.1, 0.15) is 48.5 Å². The number of nitrogens with zero attached hydrogens (tertiary/aromatic N) is 3. The molecule has 0 aliphatic carbocycles. The summed E-state index contributed by atoms with van der Waals surface area (Å²) in [6, 6.07) is 11.3. The molecule has 1 saturated heterocycles. The van der Waals surface area contributed by atoms with Crippen LogP contribution in [-0.4, -0.2) is 23.5 Å². The Hall–Kier alpha value is -2.87. The minimum absolute atomic E-state index is 0.191. The van der Waals surface area contributed by atoms with Crippen LogP contribution >= 0.6 is 0 Å². The van der Waals surface area contributed by atoms with E-state index < -0.39 is 0 Å². The van der Waals surface area contributed by atoms with Crippen molar-refractivity contribution in [3.8, 4) is 6.07 Å². The number of nitrogens with one attached hydrogen (secondary N) is 1. The van der Waals surface area contributed by atoms with E-state index in [0.717, 1.165) is 18.7 Å². The second-order valence-corrected chi connectivity index (χ2v) is 6.33. The van der Waals surface area contributed by atoms with Crippen molar-refractivity contribution in [3.05, 3.63) is 53.9 Å². The highest BCUT2D eigenvalue weighted by Gasteiger charge is 2.22. The van der Waals surface area contributed by atoms with E-state index in [1.807, 2.05) is 12.3 Å². The highest BCUT2D eigenvalue weighted by atomic mass is 16.1. The maximum Gasteiger partial charge on any atom is 0.257 e. The van der Waals surface area contributed by atoms with E-state index in [-0.39, 0.29) is 5.91 Å². The first kappa shape index (κ1) is 17.0. The highest BCUT2D eigenvalue weighted by molar-refractivity contribution is 6.04. The van der Waals surface area contributed by atoms with Gasteiger partial charge in [0, 0.05) is 24.5 Å². The predicted octanol–water partition coefficient (Wildman–Crippen LogP) is 3.97. The lowest BCUT2D eigenvalue weighted by Gasteiger charge is -2.37. The maximum absolute atomic E-state index is 12.5. The molecule has 5 nitrogen and oxygen atoms in total. The summed E-state index contributed by atoms with van der Waals surface area (Å²) >= 11 is 0. The third kappa shape index (κ3) is 3.97. The van der Waals surface area contributed by atoms with E-state index in [9.17, 15) is 4.79 Å². The van der Waals surface area contributed by atoms with Crippen LogP contribution in [0.4, 0.5) is 11.4 Å². The fraction of sp³-hybridized carbons (Fsp3) is 0.350. The average Bonchev–Trinajstić information content (AvgIpc) is 2.68. The van der Waals surface area contributed by atoms with Gasteiger partial charge in [0.2, 0.25) is 0 Å². The van der Waals surface area contributed by atoms with E-state index in [4.69, 9.17) is 5.26 Å². The first-order valence-corrected chi connectivity index (χ1v) is 8.74. The molecule has 5 heteroatoms. The van der Waals surface area contributed by atoms with Gasteiger partial charge in [-0.2, -0.15) is 5.26 Å². The summed E-state index contributed by atoms with van der Waals surface area (Å²) in [5, 5.41) is 11.7. The van der Waals surface area contributed by atoms with Gasteiger partial charge >= 0.3 is 0 Å². The van der Waals surface area contributed by atoms with Gasteiger partial charge in [-0.3, -0.25) is 9.78 Å². The van der Waals surface area contributed by atoms with Crippen LogP contribution in [0.2, 0.25) is 0 Å². The molecule has 0 spiro atoms. The number of amides is 1. The zero-order valence-corrected chi connectivity index (χ0v) is 14.4. The molecule has 1 fully saturated rings. The largest absolute Gasteiger partial charge is 0.367 e. The zero-order chi connectivity index (χ0) is 17.6. The lowest BCUT2D eigenvalue weighted by atomic mass is 9.99. The van der Waals surface area contributed by atoms with Crippen LogP contribution in [0.3, 0.4) is 0 Å². The average molecular weight is 334 g/mol. The normalized spacial score (nSPS) is 17.0. The number of hydrogen-bond acceptors (Lipinski definition) is 4. The minimum Gasteiger partial charge on any atom is -0.367 e. The summed E-state index contributed by atoms with van der Waals surface area (Å²) < 4.78 is 0. The van der Waals surface area contributed by atoms with E-state index in [1.54, 1.807) is 30.5 Å². The standard InChI is InChI=1S/C20H22N4O/c1-2-18-5-3-4-10-24(18)19-11-16(13-22-14-19)20(25)23-17-8-6-15(12-21)7-9-17/h6-9,11,13-14,18H,2-5,10H2,1H3,(H,23,25). The SMILES string of the molecule is CCC1CCCCN1c1cncc(C(=O)Nc2ccc(C#N)cc2)c1. The summed E-state index contributed by atoms with van der Waals surface area (Å²) in [6.07, 6.45) is 8.17. The van der Waals surface area contributed by atoms with Gasteiger partial charge in [0.1, 0.15) is 0 Å². The van der Waals surface area contributed by atoms with Crippen LogP contribution < -0.4 is 10.2 Å². The molecule has 1 aliphatic heterocycles. The summed E-state index contributed by atoms with van der Waals surface area (Å²) in [4.78, 5) is 19.2. The molecular weight excluding hydrogens is 312 g/mol. The van der Waals surface area contributed by atoms with Gasteiger partial charge in [0.15, 0.2) is 0 Å². The highest BCUT2D eigenvalue weighted by Crippen LogP contribution is 2.26. The van der Waals surface area contributed by atoms with Crippen molar-refractivity contribution in [2.45, 2.75) is 38.6 Å². The Morgan fingerprint density at radius 1 is 1.32 bits per heavy atom. The summed E-state index contributed by atoms with van der Waals surface area (Å²) in [5.41, 5.74) is 2.79. The molecule has 2 heterocycles. The summed E-state index contributed by atoms with van der Waals surface area (Å²) in [5.74, 6) is -0.191. The monoisotopic (exact) mass is 334 g/mol. The zero-order valence-electron chi connectivity index (χ0n) is 14.4. The van der Waals surface area contributed by atoms with Gasteiger partial charge in [0.05, 0.1) is 29.1 Å². The molecule has 1 amide bonds. The van der Waals surface area contributed by atoms with Gasteiger partial charge in [-0.05, 0) is 56.0 Å².